The maximum Gasteiger partial charge on any atom is 0.333 e. The monoisotopic (exact) mass is 582 g/mol. The van der Waals surface area contributed by atoms with Gasteiger partial charge in [0.1, 0.15) is 11.5 Å². The van der Waals surface area contributed by atoms with Crippen molar-refractivity contribution in [1.29, 1.82) is 0 Å². The van der Waals surface area contributed by atoms with Crippen LogP contribution in [0.5, 0.6) is 0 Å². The Kier molecular flexibility index (Phi) is 6.81. The number of carboxylic acids is 1. The maximum absolute atomic E-state index is 13.5. The van der Waals surface area contributed by atoms with Crippen molar-refractivity contribution in [2.75, 3.05) is 13.7 Å². The molecule has 7 aliphatic rings. The first-order valence-electron chi connectivity index (χ1n) is 16.6. The number of carboxylic acid groups (broad SMARTS) is 1. The lowest BCUT2D eigenvalue weighted by molar-refractivity contribution is -0.402. The van der Waals surface area contributed by atoms with Crippen molar-refractivity contribution < 1.29 is 28.9 Å². The summed E-state index contributed by atoms with van der Waals surface area (Å²) in [6.45, 7) is 18.5. The minimum atomic E-state index is -1.10. The zero-order valence-corrected chi connectivity index (χ0v) is 27.5. The fourth-order valence-electron chi connectivity index (χ4n) is 12.2. The molecule has 2 aliphatic heterocycles. The van der Waals surface area contributed by atoms with Gasteiger partial charge in [0, 0.05) is 35.9 Å². The SMILES string of the molecule is C/C=C(/C)C(=O)O[C@@H]1C[C@@H](C)[C@H](C)[C@H]2C3=CC[C@@H]4[C@]56CC[C@](OC)(OC5)C(C)(C)[C@@H]6CC[C@@]4(C)[C@]3(C)CC[C@]21C(=O)O. The molecular weight excluding hydrogens is 528 g/mol. The second kappa shape index (κ2) is 9.42. The van der Waals surface area contributed by atoms with Gasteiger partial charge in [-0.05, 0) is 93.3 Å². The van der Waals surface area contributed by atoms with Gasteiger partial charge in [-0.3, -0.25) is 4.79 Å². The fraction of sp³-hybridized carbons (Fsp3) is 0.833. The number of fused-ring (bicyclic) bond motifs is 7. The van der Waals surface area contributed by atoms with E-state index in [1.807, 2.05) is 14.0 Å². The zero-order valence-electron chi connectivity index (χ0n) is 27.5. The summed E-state index contributed by atoms with van der Waals surface area (Å²) in [6.07, 6.45) is 10.9. The zero-order chi connectivity index (χ0) is 30.7. The topological polar surface area (TPSA) is 82.1 Å². The van der Waals surface area contributed by atoms with E-state index in [1.165, 1.54) is 5.57 Å². The summed E-state index contributed by atoms with van der Waals surface area (Å²) < 4.78 is 19.0. The number of esters is 1. The molecule has 11 atom stereocenters. The molecule has 2 saturated heterocycles. The predicted octanol–water partition coefficient (Wildman–Crippen LogP) is 7.57. The number of ether oxygens (including phenoxy) is 3. The second-order valence-electron chi connectivity index (χ2n) is 16.3. The Hall–Kier alpha value is -1.66. The highest BCUT2D eigenvalue weighted by atomic mass is 16.7. The van der Waals surface area contributed by atoms with E-state index in [1.54, 1.807) is 13.0 Å². The lowest BCUT2D eigenvalue weighted by Gasteiger charge is -2.75. The molecule has 2 heterocycles. The molecule has 6 fully saturated rings. The van der Waals surface area contributed by atoms with Crippen molar-refractivity contribution in [2.24, 2.45) is 56.7 Å². The largest absolute Gasteiger partial charge is 0.481 e. The third-order valence-electron chi connectivity index (χ3n) is 15.2. The highest BCUT2D eigenvalue weighted by Gasteiger charge is 2.75. The van der Waals surface area contributed by atoms with E-state index in [9.17, 15) is 14.7 Å². The number of rotatable bonds is 4. The summed E-state index contributed by atoms with van der Waals surface area (Å²) in [4.78, 5) is 26.5. The van der Waals surface area contributed by atoms with Crippen molar-refractivity contribution in [3.05, 3.63) is 23.3 Å². The molecule has 234 valence electrons. The highest BCUT2D eigenvalue weighted by Crippen LogP contribution is 2.78. The van der Waals surface area contributed by atoms with Gasteiger partial charge in [-0.15, -0.1) is 0 Å². The van der Waals surface area contributed by atoms with Gasteiger partial charge in [-0.2, -0.15) is 0 Å². The number of allylic oxidation sites excluding steroid dienone is 3. The number of hydrogen-bond acceptors (Lipinski definition) is 5. The van der Waals surface area contributed by atoms with Crippen LogP contribution in [0.3, 0.4) is 0 Å². The molecule has 0 radical (unpaired) electrons. The van der Waals surface area contributed by atoms with E-state index >= 15 is 0 Å². The summed E-state index contributed by atoms with van der Waals surface area (Å²) in [7, 11) is 1.82. The Balaban J connectivity index is 1.44. The molecule has 0 amide bonds. The molecule has 2 bridgehead atoms. The van der Waals surface area contributed by atoms with E-state index in [-0.39, 0.29) is 45.4 Å². The van der Waals surface area contributed by atoms with Gasteiger partial charge >= 0.3 is 11.9 Å². The van der Waals surface area contributed by atoms with Crippen LogP contribution in [0.1, 0.15) is 107 Å². The van der Waals surface area contributed by atoms with Crippen LogP contribution in [0, 0.1) is 56.7 Å². The summed E-state index contributed by atoms with van der Waals surface area (Å²) in [5.41, 5.74) is 0.738. The van der Waals surface area contributed by atoms with Gasteiger partial charge in [-0.1, -0.05) is 59.3 Å². The quantitative estimate of drug-likeness (QED) is 0.209. The number of hydrogen-bond donors (Lipinski definition) is 1. The Morgan fingerprint density at radius 3 is 2.36 bits per heavy atom. The van der Waals surface area contributed by atoms with E-state index in [0.717, 1.165) is 45.1 Å². The number of carbonyl (C=O) groups excluding carboxylic acids is 1. The molecule has 4 saturated carbocycles. The van der Waals surface area contributed by atoms with Crippen LogP contribution in [0.15, 0.2) is 23.3 Å². The third kappa shape index (κ3) is 3.40. The molecular formula is C36H54O6. The van der Waals surface area contributed by atoms with E-state index in [4.69, 9.17) is 14.2 Å². The molecule has 0 aromatic rings. The number of methoxy groups -OCH3 is 1. The first-order chi connectivity index (χ1) is 19.6. The molecule has 1 spiro atoms. The van der Waals surface area contributed by atoms with E-state index in [0.29, 0.717) is 30.3 Å². The van der Waals surface area contributed by atoms with Crippen LogP contribution in [0.25, 0.3) is 0 Å². The predicted molar refractivity (Wildman–Crippen MR) is 161 cm³/mol. The Bertz CT molecular complexity index is 1220. The molecule has 6 nitrogen and oxygen atoms in total. The maximum atomic E-state index is 13.5. The summed E-state index contributed by atoms with van der Waals surface area (Å²) in [5.74, 6) is -0.376. The van der Waals surface area contributed by atoms with Gasteiger partial charge in [0.2, 0.25) is 0 Å². The van der Waals surface area contributed by atoms with Crippen molar-refractivity contribution in [2.45, 2.75) is 119 Å². The molecule has 5 aliphatic carbocycles. The standard InChI is InChI=1S/C36H54O6/c1-10-21(2)29(37)42-27-19-22(3)23(4)28-24-11-12-26-33(8,32(24,7)15-17-35(27,28)30(38)39)14-13-25-31(5,6)36(40-9)18-16-34(25,26)20-41-36/h10-11,22-23,25-28H,12-20H2,1-9H3,(H,38,39)/b21-10-/t22-,23+,25+,26+,27-,28+,32-,33-,34-,35-,36+/m1/s1. The molecule has 0 aromatic heterocycles. The molecule has 1 N–H and O–H groups in total. The minimum absolute atomic E-state index is 0.0379. The van der Waals surface area contributed by atoms with E-state index in [2.05, 4.69) is 47.6 Å². The summed E-state index contributed by atoms with van der Waals surface area (Å²) in [6, 6.07) is 0. The van der Waals surface area contributed by atoms with Gasteiger partial charge in [0.25, 0.3) is 0 Å². The third-order valence-corrected chi connectivity index (χ3v) is 15.2. The van der Waals surface area contributed by atoms with Crippen molar-refractivity contribution >= 4 is 11.9 Å². The molecule has 0 aromatic carbocycles. The van der Waals surface area contributed by atoms with Crippen molar-refractivity contribution in [3.8, 4) is 0 Å². The second-order valence-corrected chi connectivity index (χ2v) is 16.3. The van der Waals surface area contributed by atoms with Crippen LogP contribution < -0.4 is 0 Å². The molecule has 0 unspecified atom stereocenters. The Labute approximate surface area is 253 Å². The van der Waals surface area contributed by atoms with Gasteiger partial charge < -0.3 is 19.3 Å². The van der Waals surface area contributed by atoms with Crippen LogP contribution in [-0.4, -0.2) is 42.7 Å². The normalized spacial score (nSPS) is 50.9. The minimum Gasteiger partial charge on any atom is -0.481 e. The number of aliphatic carboxylic acids is 1. The first kappa shape index (κ1) is 30.4. The van der Waals surface area contributed by atoms with Crippen molar-refractivity contribution in [3.63, 3.8) is 0 Å². The van der Waals surface area contributed by atoms with Crippen LogP contribution in [0.4, 0.5) is 0 Å². The summed E-state index contributed by atoms with van der Waals surface area (Å²) >= 11 is 0. The van der Waals surface area contributed by atoms with Gasteiger partial charge in [0.05, 0.1) is 6.61 Å². The number of carbonyl (C=O) groups is 2. The van der Waals surface area contributed by atoms with Gasteiger partial charge in [0.15, 0.2) is 5.79 Å². The van der Waals surface area contributed by atoms with Gasteiger partial charge in [-0.25, -0.2) is 4.79 Å². The lowest BCUT2D eigenvalue weighted by Crippen LogP contribution is -2.74. The van der Waals surface area contributed by atoms with Crippen molar-refractivity contribution in [1.82, 2.24) is 0 Å². The Morgan fingerprint density at radius 2 is 1.76 bits per heavy atom. The summed E-state index contributed by atoms with van der Waals surface area (Å²) in [5, 5.41) is 11.1. The average molecular weight is 583 g/mol. The lowest BCUT2D eigenvalue weighted by atomic mass is 9.32. The molecule has 6 heteroatoms. The van der Waals surface area contributed by atoms with Crippen LogP contribution in [0.2, 0.25) is 0 Å². The average Bonchev–Trinajstić information content (AvgIpc) is 2.95. The van der Waals surface area contributed by atoms with E-state index < -0.39 is 23.3 Å². The first-order valence-corrected chi connectivity index (χ1v) is 16.6. The van der Waals surface area contributed by atoms with Crippen LogP contribution >= 0.6 is 0 Å². The smallest absolute Gasteiger partial charge is 0.333 e. The Morgan fingerprint density at radius 1 is 1.05 bits per heavy atom. The molecule has 7 rings (SSSR count). The molecule has 42 heavy (non-hydrogen) atoms. The fourth-order valence-corrected chi connectivity index (χ4v) is 12.2. The highest BCUT2D eigenvalue weighted by molar-refractivity contribution is 5.88. The van der Waals surface area contributed by atoms with Crippen LogP contribution in [-0.2, 0) is 23.8 Å².